The molecule has 5 heteroatoms. The molecule has 1 heterocycles. The summed E-state index contributed by atoms with van der Waals surface area (Å²) in [6, 6.07) is 12.4. The zero-order chi connectivity index (χ0) is 15.0. The lowest BCUT2D eigenvalue weighted by molar-refractivity contribution is 0.551. The van der Waals surface area contributed by atoms with E-state index >= 15 is 0 Å². The van der Waals surface area contributed by atoms with E-state index in [1.54, 1.807) is 12.1 Å². The SMILES string of the molecule is CC(Cc1ccc(F)cc1)n1c(=S)[nH]c2ccc(Cl)cc21. The van der Waals surface area contributed by atoms with E-state index in [-0.39, 0.29) is 11.9 Å². The highest BCUT2D eigenvalue weighted by atomic mass is 35.5. The van der Waals surface area contributed by atoms with E-state index in [4.69, 9.17) is 23.8 Å². The van der Waals surface area contributed by atoms with Gasteiger partial charge in [0, 0.05) is 11.1 Å². The Labute approximate surface area is 132 Å². The van der Waals surface area contributed by atoms with Gasteiger partial charge in [0.15, 0.2) is 4.77 Å². The smallest absolute Gasteiger partial charge is 0.178 e. The van der Waals surface area contributed by atoms with Crippen molar-refractivity contribution in [3.8, 4) is 0 Å². The first kappa shape index (κ1) is 14.3. The maximum atomic E-state index is 13.0. The van der Waals surface area contributed by atoms with Crippen LogP contribution in [0, 0.1) is 10.6 Å². The fraction of sp³-hybridized carbons (Fsp3) is 0.188. The molecule has 0 spiro atoms. The van der Waals surface area contributed by atoms with Crippen molar-refractivity contribution in [2.45, 2.75) is 19.4 Å². The lowest BCUT2D eigenvalue weighted by atomic mass is 10.1. The van der Waals surface area contributed by atoms with E-state index in [9.17, 15) is 4.39 Å². The number of aromatic nitrogens is 2. The zero-order valence-electron chi connectivity index (χ0n) is 11.4. The van der Waals surface area contributed by atoms with Crippen LogP contribution in [-0.2, 0) is 6.42 Å². The van der Waals surface area contributed by atoms with Gasteiger partial charge < -0.3 is 9.55 Å². The molecule has 1 atom stereocenters. The average molecular weight is 321 g/mol. The highest BCUT2D eigenvalue weighted by Crippen LogP contribution is 2.24. The molecule has 2 aromatic carbocycles. The minimum Gasteiger partial charge on any atom is -0.331 e. The summed E-state index contributed by atoms with van der Waals surface area (Å²) in [6.45, 7) is 2.09. The predicted molar refractivity (Wildman–Crippen MR) is 86.9 cm³/mol. The number of hydrogen-bond donors (Lipinski definition) is 1. The maximum absolute atomic E-state index is 13.0. The number of H-pyrrole nitrogens is 1. The van der Waals surface area contributed by atoms with Crippen LogP contribution in [0.5, 0.6) is 0 Å². The molecule has 2 nitrogen and oxygen atoms in total. The van der Waals surface area contributed by atoms with Gasteiger partial charge >= 0.3 is 0 Å². The van der Waals surface area contributed by atoms with Crippen LogP contribution in [0.2, 0.25) is 5.02 Å². The predicted octanol–water partition coefficient (Wildman–Crippen LogP) is 5.30. The standard InChI is InChI=1S/C16H14ClFN2S/c1-10(8-11-2-5-13(18)6-3-11)20-15-9-12(17)4-7-14(15)19-16(20)21/h2-7,9-10H,8H2,1H3,(H,19,21). The van der Waals surface area contributed by atoms with Gasteiger partial charge in [-0.3, -0.25) is 0 Å². The molecular formula is C16H14ClFN2S. The lowest BCUT2D eigenvalue weighted by Gasteiger charge is -2.15. The molecule has 0 saturated heterocycles. The average Bonchev–Trinajstić information content (AvgIpc) is 2.76. The number of nitrogens with zero attached hydrogens (tertiary/aromatic N) is 1. The van der Waals surface area contributed by atoms with Crippen molar-refractivity contribution in [1.82, 2.24) is 9.55 Å². The second-order valence-corrected chi connectivity index (χ2v) is 5.96. The van der Waals surface area contributed by atoms with Gasteiger partial charge in [0.1, 0.15) is 5.82 Å². The number of rotatable bonds is 3. The number of nitrogens with one attached hydrogen (secondary N) is 1. The topological polar surface area (TPSA) is 20.7 Å². The second kappa shape index (κ2) is 5.62. The third kappa shape index (κ3) is 2.87. The summed E-state index contributed by atoms with van der Waals surface area (Å²) >= 11 is 11.5. The van der Waals surface area contributed by atoms with E-state index in [0.29, 0.717) is 9.79 Å². The first-order chi connectivity index (χ1) is 10.0. The monoisotopic (exact) mass is 320 g/mol. The number of halogens is 2. The van der Waals surface area contributed by atoms with Crippen LogP contribution in [0.3, 0.4) is 0 Å². The van der Waals surface area contributed by atoms with Crippen molar-refractivity contribution in [2.24, 2.45) is 0 Å². The second-order valence-electron chi connectivity index (χ2n) is 5.14. The van der Waals surface area contributed by atoms with Crippen LogP contribution in [-0.4, -0.2) is 9.55 Å². The first-order valence-corrected chi connectivity index (χ1v) is 7.47. The molecule has 0 amide bonds. The third-order valence-corrected chi connectivity index (χ3v) is 4.10. The Bertz CT molecular complexity index is 836. The molecule has 0 bridgehead atoms. The Morgan fingerprint density at radius 1 is 1.24 bits per heavy atom. The molecule has 0 fully saturated rings. The minimum atomic E-state index is -0.220. The summed E-state index contributed by atoms with van der Waals surface area (Å²) in [6.07, 6.45) is 0.772. The Kier molecular flexibility index (Phi) is 3.83. The normalized spacial score (nSPS) is 12.7. The van der Waals surface area contributed by atoms with E-state index in [0.717, 1.165) is 23.0 Å². The summed E-state index contributed by atoms with van der Waals surface area (Å²) in [7, 11) is 0. The molecule has 0 aliphatic rings. The molecule has 0 aliphatic carbocycles. The summed E-state index contributed by atoms with van der Waals surface area (Å²) in [5.74, 6) is -0.220. The summed E-state index contributed by atoms with van der Waals surface area (Å²) in [5, 5.41) is 0.680. The van der Waals surface area contributed by atoms with Crippen molar-refractivity contribution in [3.63, 3.8) is 0 Å². The van der Waals surface area contributed by atoms with Crippen LogP contribution < -0.4 is 0 Å². The van der Waals surface area contributed by atoms with Crippen molar-refractivity contribution < 1.29 is 4.39 Å². The van der Waals surface area contributed by atoms with E-state index < -0.39 is 0 Å². The van der Waals surface area contributed by atoms with E-state index in [2.05, 4.69) is 16.5 Å². The van der Waals surface area contributed by atoms with Crippen molar-refractivity contribution in [3.05, 3.63) is 63.6 Å². The molecular weight excluding hydrogens is 307 g/mol. The Balaban J connectivity index is 1.99. The lowest BCUT2D eigenvalue weighted by Crippen LogP contribution is -2.08. The van der Waals surface area contributed by atoms with Gasteiger partial charge in [0.05, 0.1) is 11.0 Å². The maximum Gasteiger partial charge on any atom is 0.178 e. The van der Waals surface area contributed by atoms with Gasteiger partial charge in [0.2, 0.25) is 0 Å². The molecule has 3 aromatic rings. The van der Waals surface area contributed by atoms with Crippen LogP contribution in [0.1, 0.15) is 18.5 Å². The number of benzene rings is 2. The van der Waals surface area contributed by atoms with Gasteiger partial charge in [0.25, 0.3) is 0 Å². The first-order valence-electron chi connectivity index (χ1n) is 6.69. The molecule has 3 rings (SSSR count). The molecule has 1 aromatic heterocycles. The van der Waals surface area contributed by atoms with Crippen molar-refractivity contribution in [2.75, 3.05) is 0 Å². The van der Waals surface area contributed by atoms with Gasteiger partial charge in [-0.2, -0.15) is 0 Å². The van der Waals surface area contributed by atoms with Gasteiger partial charge in [-0.1, -0.05) is 23.7 Å². The fourth-order valence-corrected chi connectivity index (χ4v) is 3.14. The highest BCUT2D eigenvalue weighted by Gasteiger charge is 2.12. The summed E-state index contributed by atoms with van der Waals surface area (Å²) in [5.41, 5.74) is 3.03. The van der Waals surface area contributed by atoms with Crippen LogP contribution in [0.25, 0.3) is 11.0 Å². The molecule has 0 saturated carbocycles. The Morgan fingerprint density at radius 3 is 2.67 bits per heavy atom. The van der Waals surface area contributed by atoms with Crippen LogP contribution >= 0.6 is 23.8 Å². The quantitative estimate of drug-likeness (QED) is 0.650. The summed E-state index contributed by atoms with van der Waals surface area (Å²) in [4.78, 5) is 3.19. The minimum absolute atomic E-state index is 0.148. The van der Waals surface area contributed by atoms with Gasteiger partial charge in [-0.15, -0.1) is 0 Å². The molecule has 108 valence electrons. The molecule has 1 unspecified atom stereocenters. The van der Waals surface area contributed by atoms with E-state index in [1.165, 1.54) is 12.1 Å². The third-order valence-electron chi connectivity index (χ3n) is 3.56. The molecule has 21 heavy (non-hydrogen) atoms. The highest BCUT2D eigenvalue weighted by molar-refractivity contribution is 7.71. The van der Waals surface area contributed by atoms with E-state index in [1.807, 2.05) is 18.2 Å². The van der Waals surface area contributed by atoms with Crippen molar-refractivity contribution in [1.29, 1.82) is 0 Å². The van der Waals surface area contributed by atoms with Crippen molar-refractivity contribution >= 4 is 34.9 Å². The number of fused-ring (bicyclic) bond motifs is 1. The molecule has 0 radical (unpaired) electrons. The molecule has 1 N–H and O–H groups in total. The van der Waals surface area contributed by atoms with Gasteiger partial charge in [-0.25, -0.2) is 4.39 Å². The fourth-order valence-electron chi connectivity index (χ4n) is 2.59. The van der Waals surface area contributed by atoms with Crippen LogP contribution in [0.4, 0.5) is 4.39 Å². The Morgan fingerprint density at radius 2 is 1.95 bits per heavy atom. The Hall–Kier alpha value is -1.65. The number of aromatic amines is 1. The summed E-state index contributed by atoms with van der Waals surface area (Å²) < 4.78 is 15.7. The largest absolute Gasteiger partial charge is 0.331 e. The number of imidazole rings is 1. The van der Waals surface area contributed by atoms with Gasteiger partial charge in [-0.05, 0) is 61.5 Å². The zero-order valence-corrected chi connectivity index (χ0v) is 13.0. The number of hydrogen-bond acceptors (Lipinski definition) is 1. The van der Waals surface area contributed by atoms with Crippen LogP contribution in [0.15, 0.2) is 42.5 Å². The molecule has 0 aliphatic heterocycles.